The molecule has 16 heavy (non-hydrogen) atoms. The van der Waals surface area contributed by atoms with Gasteiger partial charge < -0.3 is 4.57 Å². The Morgan fingerprint density at radius 1 is 1.12 bits per heavy atom. The van der Waals surface area contributed by atoms with Gasteiger partial charge in [0, 0.05) is 17.6 Å². The molecule has 0 saturated heterocycles. The summed E-state index contributed by atoms with van der Waals surface area (Å²) in [7, 11) is 0. The van der Waals surface area contributed by atoms with Crippen molar-refractivity contribution in [3.63, 3.8) is 0 Å². The van der Waals surface area contributed by atoms with Crippen molar-refractivity contribution in [3.05, 3.63) is 35.8 Å². The second-order valence-electron chi connectivity index (χ2n) is 4.87. The molecule has 0 bridgehead atoms. The SMILES string of the molecule is CC(C)c1cn(C(C)C)c2cccc(F)c12. The van der Waals surface area contributed by atoms with E-state index in [0.717, 1.165) is 16.5 Å². The number of aromatic nitrogens is 1. The Hall–Kier alpha value is -1.31. The predicted molar refractivity (Wildman–Crippen MR) is 66.4 cm³/mol. The molecule has 0 saturated carbocycles. The van der Waals surface area contributed by atoms with E-state index in [4.69, 9.17) is 0 Å². The molecular formula is C14H18FN. The Bertz CT molecular complexity index is 509. The van der Waals surface area contributed by atoms with E-state index in [2.05, 4.69) is 38.5 Å². The fourth-order valence-electron chi connectivity index (χ4n) is 2.16. The zero-order valence-electron chi connectivity index (χ0n) is 10.3. The zero-order valence-corrected chi connectivity index (χ0v) is 10.3. The number of hydrogen-bond acceptors (Lipinski definition) is 0. The predicted octanol–water partition coefficient (Wildman–Crippen LogP) is 4.48. The summed E-state index contributed by atoms with van der Waals surface area (Å²) in [5.74, 6) is 0.236. The van der Waals surface area contributed by atoms with Gasteiger partial charge in [0.15, 0.2) is 0 Å². The Balaban J connectivity index is 2.82. The lowest BCUT2D eigenvalue weighted by Crippen LogP contribution is -1.98. The first-order valence-corrected chi connectivity index (χ1v) is 5.81. The van der Waals surface area contributed by atoms with Crippen LogP contribution in [0.25, 0.3) is 10.9 Å². The van der Waals surface area contributed by atoms with Gasteiger partial charge in [-0.25, -0.2) is 4.39 Å². The molecule has 0 atom stereocenters. The Morgan fingerprint density at radius 2 is 1.81 bits per heavy atom. The van der Waals surface area contributed by atoms with Gasteiger partial charge in [0.25, 0.3) is 0 Å². The molecule has 0 amide bonds. The average Bonchev–Trinajstić information content (AvgIpc) is 2.58. The molecule has 0 spiro atoms. The third-order valence-electron chi connectivity index (χ3n) is 3.01. The summed E-state index contributed by atoms with van der Waals surface area (Å²) in [5, 5.41) is 0.784. The lowest BCUT2D eigenvalue weighted by molar-refractivity contribution is 0.618. The van der Waals surface area contributed by atoms with E-state index < -0.39 is 0 Å². The molecule has 0 aliphatic rings. The van der Waals surface area contributed by atoms with Crippen LogP contribution in [-0.4, -0.2) is 4.57 Å². The Labute approximate surface area is 95.9 Å². The second kappa shape index (κ2) is 3.93. The highest BCUT2D eigenvalue weighted by atomic mass is 19.1. The van der Waals surface area contributed by atoms with Crippen LogP contribution in [0.4, 0.5) is 4.39 Å². The molecule has 2 heteroatoms. The third kappa shape index (κ3) is 1.62. The standard InChI is InChI=1S/C14H18FN/c1-9(2)11-8-16(10(3)4)13-7-5-6-12(15)14(11)13/h5-10H,1-4H3. The molecule has 2 aromatic rings. The van der Waals surface area contributed by atoms with Crippen molar-refractivity contribution in [2.24, 2.45) is 0 Å². The van der Waals surface area contributed by atoms with Crippen LogP contribution in [0.5, 0.6) is 0 Å². The maximum atomic E-state index is 13.9. The number of fused-ring (bicyclic) bond motifs is 1. The van der Waals surface area contributed by atoms with Gasteiger partial charge in [-0.2, -0.15) is 0 Å². The first-order valence-electron chi connectivity index (χ1n) is 5.81. The summed E-state index contributed by atoms with van der Waals surface area (Å²) in [5.41, 5.74) is 2.10. The lowest BCUT2D eigenvalue weighted by Gasteiger charge is -2.08. The summed E-state index contributed by atoms with van der Waals surface area (Å²) >= 11 is 0. The van der Waals surface area contributed by atoms with Crippen LogP contribution in [0.3, 0.4) is 0 Å². The van der Waals surface area contributed by atoms with Gasteiger partial charge in [-0.1, -0.05) is 19.9 Å². The number of halogens is 1. The van der Waals surface area contributed by atoms with Crippen molar-refractivity contribution in [1.29, 1.82) is 0 Å². The van der Waals surface area contributed by atoms with Crippen LogP contribution < -0.4 is 0 Å². The highest BCUT2D eigenvalue weighted by Crippen LogP contribution is 2.31. The fraction of sp³-hybridized carbons (Fsp3) is 0.429. The Kier molecular flexibility index (Phi) is 2.75. The summed E-state index contributed by atoms with van der Waals surface area (Å²) in [6.07, 6.45) is 2.09. The molecule has 1 nitrogen and oxygen atoms in total. The minimum atomic E-state index is -0.111. The molecule has 0 aliphatic heterocycles. The molecule has 0 N–H and O–H groups in total. The minimum absolute atomic E-state index is 0.111. The smallest absolute Gasteiger partial charge is 0.132 e. The summed E-state index contributed by atoms with van der Waals surface area (Å²) in [4.78, 5) is 0. The van der Waals surface area contributed by atoms with Crippen molar-refractivity contribution in [2.75, 3.05) is 0 Å². The molecule has 0 radical (unpaired) electrons. The first kappa shape index (κ1) is 11.2. The van der Waals surface area contributed by atoms with Crippen molar-refractivity contribution >= 4 is 10.9 Å². The topological polar surface area (TPSA) is 4.93 Å². The highest BCUT2D eigenvalue weighted by molar-refractivity contribution is 5.85. The van der Waals surface area contributed by atoms with E-state index in [1.807, 2.05) is 6.07 Å². The van der Waals surface area contributed by atoms with Crippen LogP contribution in [0, 0.1) is 5.82 Å². The van der Waals surface area contributed by atoms with Crippen molar-refractivity contribution < 1.29 is 4.39 Å². The summed E-state index contributed by atoms with van der Waals surface area (Å²) in [6, 6.07) is 5.67. The van der Waals surface area contributed by atoms with Gasteiger partial charge in [0.2, 0.25) is 0 Å². The highest BCUT2D eigenvalue weighted by Gasteiger charge is 2.15. The Morgan fingerprint density at radius 3 is 2.38 bits per heavy atom. The fourth-order valence-corrected chi connectivity index (χ4v) is 2.16. The van der Waals surface area contributed by atoms with Crippen molar-refractivity contribution in [1.82, 2.24) is 4.57 Å². The van der Waals surface area contributed by atoms with Crippen LogP contribution in [0.15, 0.2) is 24.4 Å². The van der Waals surface area contributed by atoms with Gasteiger partial charge in [-0.3, -0.25) is 0 Å². The van der Waals surface area contributed by atoms with Gasteiger partial charge in [-0.05, 0) is 37.5 Å². The molecule has 0 unspecified atom stereocenters. The number of rotatable bonds is 2. The largest absolute Gasteiger partial charge is 0.345 e. The van der Waals surface area contributed by atoms with Crippen LogP contribution in [0.1, 0.15) is 45.2 Å². The molecule has 0 fully saturated rings. The van der Waals surface area contributed by atoms with Crippen LogP contribution in [0.2, 0.25) is 0 Å². The van der Waals surface area contributed by atoms with Crippen LogP contribution in [-0.2, 0) is 0 Å². The second-order valence-corrected chi connectivity index (χ2v) is 4.87. The molecule has 86 valence electrons. The maximum absolute atomic E-state index is 13.9. The van der Waals surface area contributed by atoms with E-state index in [-0.39, 0.29) is 5.82 Å². The van der Waals surface area contributed by atoms with Crippen molar-refractivity contribution in [2.45, 2.75) is 39.7 Å². The van der Waals surface area contributed by atoms with E-state index in [1.165, 1.54) is 0 Å². The molecule has 0 aliphatic carbocycles. The van der Waals surface area contributed by atoms with E-state index >= 15 is 0 Å². The summed E-state index contributed by atoms with van der Waals surface area (Å²) < 4.78 is 16.0. The molecule has 1 aromatic carbocycles. The van der Waals surface area contributed by atoms with Gasteiger partial charge in [-0.15, -0.1) is 0 Å². The monoisotopic (exact) mass is 219 g/mol. The number of benzene rings is 1. The van der Waals surface area contributed by atoms with Gasteiger partial charge in [0.05, 0.1) is 5.52 Å². The third-order valence-corrected chi connectivity index (χ3v) is 3.01. The first-order chi connectivity index (χ1) is 7.52. The minimum Gasteiger partial charge on any atom is -0.345 e. The summed E-state index contributed by atoms with van der Waals surface area (Å²) in [6.45, 7) is 8.45. The van der Waals surface area contributed by atoms with E-state index in [0.29, 0.717) is 12.0 Å². The van der Waals surface area contributed by atoms with Crippen LogP contribution >= 0.6 is 0 Å². The zero-order chi connectivity index (χ0) is 11.9. The van der Waals surface area contributed by atoms with Gasteiger partial charge in [0.1, 0.15) is 5.82 Å². The number of nitrogens with zero attached hydrogens (tertiary/aromatic N) is 1. The quantitative estimate of drug-likeness (QED) is 0.701. The lowest BCUT2D eigenvalue weighted by atomic mass is 10.0. The molecule has 1 aromatic heterocycles. The molecular weight excluding hydrogens is 201 g/mol. The molecule has 1 heterocycles. The van der Waals surface area contributed by atoms with Gasteiger partial charge >= 0.3 is 0 Å². The molecule has 2 rings (SSSR count). The van der Waals surface area contributed by atoms with Crippen molar-refractivity contribution in [3.8, 4) is 0 Å². The normalized spacial score (nSPS) is 11.9. The van der Waals surface area contributed by atoms with E-state index in [1.54, 1.807) is 12.1 Å². The number of hydrogen-bond donors (Lipinski definition) is 0. The maximum Gasteiger partial charge on any atom is 0.132 e. The van der Waals surface area contributed by atoms with E-state index in [9.17, 15) is 4.39 Å². The average molecular weight is 219 g/mol.